The summed E-state index contributed by atoms with van der Waals surface area (Å²) < 4.78 is 10.2. The van der Waals surface area contributed by atoms with E-state index in [4.69, 9.17) is 9.47 Å². The molecule has 1 saturated carbocycles. The van der Waals surface area contributed by atoms with E-state index in [0.29, 0.717) is 12.8 Å². The lowest BCUT2D eigenvalue weighted by molar-refractivity contribution is -0.453. The van der Waals surface area contributed by atoms with Crippen molar-refractivity contribution in [1.29, 1.82) is 0 Å². The summed E-state index contributed by atoms with van der Waals surface area (Å²) in [6, 6.07) is 13.9. The lowest BCUT2D eigenvalue weighted by Crippen LogP contribution is -2.37. The molecule has 1 aliphatic rings. The molecule has 1 fully saturated rings. The molecule has 2 unspecified atom stereocenters. The van der Waals surface area contributed by atoms with Crippen LogP contribution in [0, 0.1) is 11.8 Å². The number of hydrogen-bond acceptors (Lipinski definition) is 12. The van der Waals surface area contributed by atoms with Crippen molar-refractivity contribution in [2.45, 2.75) is 65.0 Å². The van der Waals surface area contributed by atoms with Crippen LogP contribution in [-0.4, -0.2) is 53.6 Å². The summed E-state index contributed by atoms with van der Waals surface area (Å²) in [5.74, 6) is -1.94. The number of benzene rings is 2. The van der Waals surface area contributed by atoms with Crippen molar-refractivity contribution in [3.8, 4) is 0 Å². The molecule has 2 aromatic carbocycles. The fourth-order valence-electron chi connectivity index (χ4n) is 4.58. The predicted molar refractivity (Wildman–Crippen MR) is 162 cm³/mol. The molecule has 0 amide bonds. The Balaban J connectivity index is 1.33. The number of rotatable bonds is 12. The average molecular weight is 649 g/mol. The molecule has 0 aliphatic heterocycles. The van der Waals surface area contributed by atoms with Gasteiger partial charge >= 0.3 is 24.2 Å². The molecule has 2 aromatic rings. The van der Waals surface area contributed by atoms with Gasteiger partial charge in [0.1, 0.15) is 0 Å². The van der Waals surface area contributed by atoms with Crippen molar-refractivity contribution in [2.24, 2.45) is 11.8 Å². The monoisotopic (exact) mass is 648 g/mol. The van der Waals surface area contributed by atoms with Crippen molar-refractivity contribution in [3.05, 3.63) is 59.7 Å². The van der Waals surface area contributed by atoms with E-state index in [1.54, 1.807) is 24.3 Å². The van der Waals surface area contributed by atoms with Crippen LogP contribution in [0.25, 0.3) is 0 Å². The molecule has 240 valence electrons. The van der Waals surface area contributed by atoms with E-state index in [-0.39, 0.29) is 36.2 Å². The zero-order valence-corrected chi connectivity index (χ0v) is 27.9. The van der Waals surface area contributed by atoms with Crippen molar-refractivity contribution in [1.82, 2.24) is 0 Å². The second-order valence-electron chi connectivity index (χ2n) is 12.6. The summed E-state index contributed by atoms with van der Waals surface area (Å²) in [4.78, 5) is 66.0. The summed E-state index contributed by atoms with van der Waals surface area (Å²) in [6.07, 6.45) is 0.831. The Morgan fingerprint density at radius 1 is 0.568 bits per heavy atom. The maximum absolute atomic E-state index is 12.1. The van der Waals surface area contributed by atoms with Crippen LogP contribution in [-0.2, 0) is 39.1 Å². The van der Waals surface area contributed by atoms with E-state index in [1.165, 1.54) is 10.4 Å². The summed E-state index contributed by atoms with van der Waals surface area (Å²) in [6.45, 7) is 13.0. The van der Waals surface area contributed by atoms with Gasteiger partial charge in [0.2, 0.25) is 0 Å². The Bertz CT molecular complexity index is 1170. The third-order valence-corrected chi connectivity index (χ3v) is 11.4. The normalized spacial score (nSPS) is 16.8. The minimum Gasteiger partial charge on any atom is -0.432 e. The molecular weight excluding hydrogens is 608 g/mol. The molecule has 12 nitrogen and oxygen atoms in total. The van der Waals surface area contributed by atoms with Crippen LogP contribution >= 0.6 is 0 Å². The van der Waals surface area contributed by atoms with E-state index in [1.807, 2.05) is 24.3 Å². The maximum Gasteiger partial charge on any atom is 0.543 e. The number of carbonyl (C=O) groups is 4. The zero-order valence-electron chi connectivity index (χ0n) is 25.9. The first-order chi connectivity index (χ1) is 20.7. The number of carbonyl (C=O) groups excluding carboxylic acids is 4. The fourth-order valence-corrected chi connectivity index (χ4v) is 6.92. The average Bonchev–Trinajstić information content (AvgIpc) is 2.98. The summed E-state index contributed by atoms with van der Waals surface area (Å²) in [7, 11) is -3.04. The predicted octanol–water partition coefficient (Wildman–Crippen LogP) is 5.60. The molecule has 3 rings (SSSR count). The largest absolute Gasteiger partial charge is 0.543 e. The molecule has 44 heavy (non-hydrogen) atoms. The Kier molecular flexibility index (Phi) is 12.5. The molecule has 14 heteroatoms. The molecule has 2 atom stereocenters. The van der Waals surface area contributed by atoms with E-state index >= 15 is 0 Å². The van der Waals surface area contributed by atoms with Crippen LogP contribution in [0.2, 0.25) is 39.3 Å². The molecule has 0 heterocycles. The first-order valence-corrected chi connectivity index (χ1v) is 21.4. The van der Waals surface area contributed by atoms with Gasteiger partial charge in [-0.2, -0.15) is 0 Å². The summed E-state index contributed by atoms with van der Waals surface area (Å²) in [5.41, 5.74) is 0.478. The maximum atomic E-state index is 12.1. The lowest BCUT2D eigenvalue weighted by Gasteiger charge is -2.30. The third-order valence-electron chi connectivity index (χ3n) is 7.29. The van der Waals surface area contributed by atoms with Crippen LogP contribution in [0.3, 0.4) is 0 Å². The first kappa shape index (κ1) is 34.8. The standard InChI is InChI=1S/C30H40O12Si2/c1-43(2,3)25-15-11-21(12-16-25)27(31)37-41-39-29(33)35-19-23-9-7-8-10-24(23)20-36-30(34)40-42-38-28(32)22-13-17-26(18-14-22)44(4,5)6/h11-18,23-24H,7-10,19-20H2,1-6H3. The van der Waals surface area contributed by atoms with Gasteiger partial charge in [-0.25, -0.2) is 29.0 Å². The lowest BCUT2D eigenvalue weighted by atomic mass is 9.80. The minimum atomic E-state index is -1.52. The van der Waals surface area contributed by atoms with Crippen LogP contribution in [0.4, 0.5) is 9.59 Å². The highest BCUT2D eigenvalue weighted by Crippen LogP contribution is 2.30. The van der Waals surface area contributed by atoms with Crippen molar-refractivity contribution < 1.29 is 58.3 Å². The second-order valence-corrected chi connectivity index (χ2v) is 22.8. The van der Waals surface area contributed by atoms with Gasteiger partial charge < -0.3 is 9.47 Å². The van der Waals surface area contributed by atoms with Crippen molar-refractivity contribution >= 4 is 50.8 Å². The summed E-state index contributed by atoms with van der Waals surface area (Å²) in [5, 5.41) is 11.0. The van der Waals surface area contributed by atoms with Crippen molar-refractivity contribution in [3.63, 3.8) is 0 Å². The van der Waals surface area contributed by atoms with Gasteiger partial charge in [-0.1, -0.05) is 86.8 Å². The van der Waals surface area contributed by atoms with E-state index in [9.17, 15) is 19.2 Å². The third kappa shape index (κ3) is 11.1. The second kappa shape index (κ2) is 15.8. The summed E-state index contributed by atoms with van der Waals surface area (Å²) >= 11 is 0. The quantitative estimate of drug-likeness (QED) is 0.122. The van der Waals surface area contributed by atoms with Crippen molar-refractivity contribution in [2.75, 3.05) is 13.2 Å². The smallest absolute Gasteiger partial charge is 0.432 e. The van der Waals surface area contributed by atoms with Gasteiger partial charge in [-0.05, 0) is 48.9 Å². The van der Waals surface area contributed by atoms with Gasteiger partial charge in [0.05, 0.1) is 50.6 Å². The van der Waals surface area contributed by atoms with E-state index < -0.39 is 40.4 Å². The molecule has 0 aromatic heterocycles. The van der Waals surface area contributed by atoms with Crippen LogP contribution in [0.1, 0.15) is 46.4 Å². The molecule has 1 aliphatic carbocycles. The van der Waals surface area contributed by atoms with E-state index in [2.05, 4.69) is 68.9 Å². The Morgan fingerprint density at radius 3 is 1.23 bits per heavy atom. The SMILES string of the molecule is C[Si](C)(C)c1ccc(C(=O)OOOC(=O)OCC2CCCCC2COC(=O)OOOC(=O)c2ccc([Si](C)(C)C)cc2)cc1. The fraction of sp³-hybridized carbons (Fsp3) is 0.467. The molecule has 0 spiro atoms. The molecule has 0 N–H and O–H groups in total. The van der Waals surface area contributed by atoms with Crippen LogP contribution in [0.15, 0.2) is 48.5 Å². The number of ether oxygens (including phenoxy) is 2. The Hall–Kier alpha value is -3.73. The molecule has 0 saturated heterocycles. The van der Waals surface area contributed by atoms with Gasteiger partial charge in [0, 0.05) is 0 Å². The van der Waals surface area contributed by atoms with Gasteiger partial charge in [0.15, 0.2) is 0 Å². The first-order valence-electron chi connectivity index (χ1n) is 14.4. The Morgan fingerprint density at radius 2 is 0.909 bits per heavy atom. The van der Waals surface area contributed by atoms with Gasteiger partial charge in [0.25, 0.3) is 0 Å². The van der Waals surface area contributed by atoms with Crippen LogP contribution in [0.5, 0.6) is 0 Å². The Labute approximate surface area is 258 Å². The van der Waals surface area contributed by atoms with E-state index in [0.717, 1.165) is 12.8 Å². The highest BCUT2D eigenvalue weighted by Gasteiger charge is 2.29. The van der Waals surface area contributed by atoms with Gasteiger partial charge in [-0.15, -0.1) is 0 Å². The molecule has 0 radical (unpaired) electrons. The van der Waals surface area contributed by atoms with Gasteiger partial charge in [-0.3, -0.25) is 9.78 Å². The zero-order chi connectivity index (χ0) is 32.3. The molecular formula is C30H40O12Si2. The van der Waals surface area contributed by atoms with Crippen LogP contribution < -0.4 is 10.4 Å². The number of hydrogen-bond donors (Lipinski definition) is 0. The molecule has 0 bridgehead atoms. The minimum absolute atomic E-state index is 0.0397. The topological polar surface area (TPSA) is 142 Å². The highest BCUT2D eigenvalue weighted by molar-refractivity contribution is 6.89. The highest BCUT2D eigenvalue weighted by atomic mass is 28.3.